The van der Waals surface area contributed by atoms with Crippen molar-refractivity contribution in [2.75, 3.05) is 47.1 Å². The van der Waals surface area contributed by atoms with Gasteiger partial charge in [0.15, 0.2) is 11.5 Å². The second-order valence-corrected chi connectivity index (χ2v) is 7.18. The van der Waals surface area contributed by atoms with Crippen LogP contribution < -0.4 is 14.8 Å². The summed E-state index contributed by atoms with van der Waals surface area (Å²) in [4.78, 5) is 2.47. The van der Waals surface area contributed by atoms with Crippen LogP contribution in [0.1, 0.15) is 28.6 Å². The predicted octanol–water partition coefficient (Wildman–Crippen LogP) is 2.22. The first-order valence-electron chi connectivity index (χ1n) is 9.78. The van der Waals surface area contributed by atoms with E-state index in [1.54, 1.807) is 14.2 Å². The Bertz CT molecular complexity index is 784. The van der Waals surface area contributed by atoms with Crippen LogP contribution in [0.5, 0.6) is 11.5 Å². The molecular weight excluding hydrogens is 356 g/mol. The predicted molar refractivity (Wildman–Crippen MR) is 109 cm³/mol. The van der Waals surface area contributed by atoms with Crippen LogP contribution >= 0.6 is 0 Å². The summed E-state index contributed by atoms with van der Waals surface area (Å²) in [7, 11) is 5.33. The maximum Gasteiger partial charge on any atom is 0.161 e. The van der Waals surface area contributed by atoms with E-state index in [0.717, 1.165) is 56.6 Å². The molecule has 1 fully saturated rings. The molecule has 0 spiro atoms. The average Bonchev–Trinajstić information content (AvgIpc) is 2.97. The Morgan fingerprint density at radius 3 is 2.46 bits per heavy atom. The van der Waals surface area contributed by atoms with Crippen LogP contribution in [0.2, 0.25) is 0 Å². The number of nitrogens with one attached hydrogen (secondary N) is 1. The number of aromatic nitrogens is 2. The molecule has 1 aliphatic rings. The lowest BCUT2D eigenvalue weighted by Crippen LogP contribution is -2.42. The molecule has 7 nitrogen and oxygen atoms in total. The molecule has 0 amide bonds. The molecule has 0 bridgehead atoms. The van der Waals surface area contributed by atoms with Crippen molar-refractivity contribution in [3.05, 3.63) is 40.7 Å². The van der Waals surface area contributed by atoms with Crippen molar-refractivity contribution in [2.24, 2.45) is 7.05 Å². The molecule has 2 heterocycles. The highest BCUT2D eigenvalue weighted by atomic mass is 16.5. The number of hydrogen-bond acceptors (Lipinski definition) is 6. The van der Waals surface area contributed by atoms with Gasteiger partial charge in [-0.1, -0.05) is 6.07 Å². The maximum absolute atomic E-state index is 5.56. The number of methoxy groups -OCH3 is 2. The van der Waals surface area contributed by atoms with Gasteiger partial charge in [-0.25, -0.2) is 0 Å². The Kier molecular flexibility index (Phi) is 6.93. The van der Waals surface area contributed by atoms with Crippen molar-refractivity contribution in [1.82, 2.24) is 20.0 Å². The van der Waals surface area contributed by atoms with E-state index in [1.807, 2.05) is 17.8 Å². The van der Waals surface area contributed by atoms with E-state index in [-0.39, 0.29) is 6.04 Å². The molecule has 154 valence electrons. The van der Waals surface area contributed by atoms with Gasteiger partial charge in [0.1, 0.15) is 0 Å². The van der Waals surface area contributed by atoms with Gasteiger partial charge < -0.3 is 19.5 Å². The molecule has 0 saturated carbocycles. The van der Waals surface area contributed by atoms with E-state index in [0.29, 0.717) is 0 Å². The van der Waals surface area contributed by atoms with Gasteiger partial charge >= 0.3 is 0 Å². The fourth-order valence-electron chi connectivity index (χ4n) is 3.81. The van der Waals surface area contributed by atoms with Crippen LogP contribution in [0.15, 0.2) is 18.2 Å². The minimum atomic E-state index is 0.237. The summed E-state index contributed by atoms with van der Waals surface area (Å²) in [6.07, 6.45) is 0. The molecule has 1 aromatic carbocycles. The van der Waals surface area contributed by atoms with Gasteiger partial charge in [-0.15, -0.1) is 0 Å². The quantitative estimate of drug-likeness (QED) is 0.748. The topological polar surface area (TPSA) is 60.8 Å². The summed E-state index contributed by atoms with van der Waals surface area (Å²) in [5, 5.41) is 8.17. The third-order valence-electron chi connectivity index (χ3n) is 5.58. The van der Waals surface area contributed by atoms with Crippen molar-refractivity contribution < 1.29 is 14.2 Å². The van der Waals surface area contributed by atoms with Gasteiger partial charge in [0.2, 0.25) is 0 Å². The Balaban J connectivity index is 1.77. The van der Waals surface area contributed by atoms with Gasteiger partial charge in [-0.05, 0) is 31.5 Å². The van der Waals surface area contributed by atoms with Crippen molar-refractivity contribution >= 4 is 0 Å². The summed E-state index contributed by atoms with van der Waals surface area (Å²) >= 11 is 0. The van der Waals surface area contributed by atoms with E-state index in [9.17, 15) is 0 Å². The van der Waals surface area contributed by atoms with Gasteiger partial charge in [0.05, 0.1) is 33.1 Å². The summed E-state index contributed by atoms with van der Waals surface area (Å²) < 4.78 is 18.4. The molecule has 1 aliphatic heterocycles. The fourth-order valence-corrected chi connectivity index (χ4v) is 3.81. The zero-order chi connectivity index (χ0) is 20.1. The molecule has 0 radical (unpaired) electrons. The van der Waals surface area contributed by atoms with Crippen molar-refractivity contribution in [3.8, 4) is 11.5 Å². The Morgan fingerprint density at radius 2 is 1.86 bits per heavy atom. The molecule has 1 aromatic heterocycles. The zero-order valence-corrected chi connectivity index (χ0v) is 17.6. The Labute approximate surface area is 167 Å². The lowest BCUT2D eigenvalue weighted by atomic mass is 10.0. The number of ether oxygens (including phenoxy) is 3. The van der Waals surface area contributed by atoms with E-state index >= 15 is 0 Å². The average molecular weight is 389 g/mol. The van der Waals surface area contributed by atoms with Gasteiger partial charge in [-0.3, -0.25) is 9.58 Å². The van der Waals surface area contributed by atoms with E-state index < -0.39 is 0 Å². The largest absolute Gasteiger partial charge is 0.493 e. The van der Waals surface area contributed by atoms with E-state index in [2.05, 4.69) is 41.3 Å². The van der Waals surface area contributed by atoms with Gasteiger partial charge in [-0.2, -0.15) is 5.10 Å². The molecular formula is C21H32N4O3. The minimum Gasteiger partial charge on any atom is -0.493 e. The summed E-state index contributed by atoms with van der Waals surface area (Å²) in [5.74, 6) is 1.51. The number of morpholine rings is 1. The lowest BCUT2D eigenvalue weighted by Gasteiger charge is -2.35. The Hall–Kier alpha value is -2.09. The first kappa shape index (κ1) is 20.6. The fraction of sp³-hybridized carbons (Fsp3) is 0.571. The molecule has 1 saturated heterocycles. The lowest BCUT2D eigenvalue weighted by molar-refractivity contribution is 0.0160. The summed E-state index contributed by atoms with van der Waals surface area (Å²) in [5.41, 5.74) is 4.78. The third kappa shape index (κ3) is 4.48. The highest BCUT2D eigenvalue weighted by molar-refractivity contribution is 5.44. The molecule has 1 unspecified atom stereocenters. The third-order valence-corrected chi connectivity index (χ3v) is 5.58. The maximum atomic E-state index is 5.56. The number of hydrogen-bond donors (Lipinski definition) is 1. The van der Waals surface area contributed by atoms with Gasteiger partial charge in [0.25, 0.3) is 0 Å². The number of aryl methyl sites for hydroxylation is 2. The van der Waals surface area contributed by atoms with Crippen LogP contribution in [0.4, 0.5) is 0 Å². The molecule has 3 rings (SSSR count). The number of rotatable bonds is 8. The minimum absolute atomic E-state index is 0.237. The Morgan fingerprint density at radius 1 is 1.14 bits per heavy atom. The number of benzene rings is 1. The van der Waals surface area contributed by atoms with Crippen molar-refractivity contribution in [3.63, 3.8) is 0 Å². The van der Waals surface area contributed by atoms with Crippen molar-refractivity contribution in [1.29, 1.82) is 0 Å². The van der Waals surface area contributed by atoms with Crippen LogP contribution in [0, 0.1) is 13.8 Å². The standard InChI is InChI=1S/C21H32N4O3/c1-15-18(16(2)24(3)23-15)13-22-14-19(25-8-10-28-11-9-25)17-6-7-20(26-4)21(12-17)27-5/h6-7,12,19,22H,8-11,13-14H2,1-5H3. The highest BCUT2D eigenvalue weighted by Gasteiger charge is 2.24. The van der Waals surface area contributed by atoms with E-state index in [1.165, 1.54) is 16.8 Å². The van der Waals surface area contributed by atoms with Gasteiger partial charge in [0, 0.05) is 50.5 Å². The first-order valence-corrected chi connectivity index (χ1v) is 9.78. The van der Waals surface area contributed by atoms with Crippen LogP contribution in [0.25, 0.3) is 0 Å². The molecule has 2 aromatic rings. The molecule has 0 aliphatic carbocycles. The molecule has 1 atom stereocenters. The molecule has 7 heteroatoms. The summed E-state index contributed by atoms with van der Waals surface area (Å²) in [6.45, 7) is 9.21. The van der Waals surface area contributed by atoms with E-state index in [4.69, 9.17) is 14.2 Å². The zero-order valence-electron chi connectivity index (χ0n) is 17.6. The molecule has 28 heavy (non-hydrogen) atoms. The second kappa shape index (κ2) is 9.41. The SMILES string of the molecule is COc1ccc(C(CNCc2c(C)nn(C)c2C)N2CCOCC2)cc1OC. The molecule has 1 N–H and O–H groups in total. The van der Waals surface area contributed by atoms with Crippen LogP contribution in [-0.4, -0.2) is 61.7 Å². The smallest absolute Gasteiger partial charge is 0.161 e. The summed E-state index contributed by atoms with van der Waals surface area (Å²) in [6, 6.07) is 6.43. The highest BCUT2D eigenvalue weighted by Crippen LogP contribution is 2.32. The van der Waals surface area contributed by atoms with Crippen LogP contribution in [0.3, 0.4) is 0 Å². The second-order valence-electron chi connectivity index (χ2n) is 7.18. The van der Waals surface area contributed by atoms with Crippen LogP contribution in [-0.2, 0) is 18.3 Å². The number of nitrogens with zero attached hydrogens (tertiary/aromatic N) is 3. The normalized spacial score (nSPS) is 16.2. The monoisotopic (exact) mass is 388 g/mol. The van der Waals surface area contributed by atoms with Crippen molar-refractivity contribution in [2.45, 2.75) is 26.4 Å². The first-order chi connectivity index (χ1) is 13.5.